The largest absolute Gasteiger partial charge is 0.421 e. The van der Waals surface area contributed by atoms with Gasteiger partial charge in [0.2, 0.25) is 5.95 Å². The molecule has 12 heteroatoms. The van der Waals surface area contributed by atoms with Gasteiger partial charge in [-0.2, -0.15) is 32.0 Å². The molecule has 0 aromatic carbocycles. The topological polar surface area (TPSA) is 76.9 Å². The molecule has 2 aromatic heterocycles. The predicted molar refractivity (Wildman–Crippen MR) is 83.4 cm³/mol. The molecule has 0 saturated heterocycles. The van der Waals surface area contributed by atoms with E-state index in [1.807, 2.05) is 0 Å². The minimum Gasteiger partial charge on any atom is -0.370 e. The minimum atomic E-state index is -4.58. The van der Waals surface area contributed by atoms with E-state index < -0.39 is 18.4 Å². The Balaban J connectivity index is 2.15. The fourth-order valence-corrected chi connectivity index (χ4v) is 2.06. The molecule has 0 aliphatic carbocycles. The van der Waals surface area contributed by atoms with Gasteiger partial charge in [0.05, 0.1) is 24.5 Å². The van der Waals surface area contributed by atoms with Crippen LogP contribution in [0.3, 0.4) is 0 Å². The zero-order valence-electron chi connectivity index (χ0n) is 13.9. The van der Waals surface area contributed by atoms with Crippen LogP contribution in [-0.2, 0) is 17.5 Å². The number of ether oxygens (including phenoxy) is 1. The van der Waals surface area contributed by atoms with Gasteiger partial charge in [0.15, 0.2) is 0 Å². The Morgan fingerprint density at radius 3 is 2.65 bits per heavy atom. The van der Waals surface area contributed by atoms with Gasteiger partial charge in [-0.05, 0) is 13.8 Å². The van der Waals surface area contributed by atoms with E-state index in [-0.39, 0.29) is 31.5 Å². The van der Waals surface area contributed by atoms with Crippen molar-refractivity contribution in [2.75, 3.05) is 23.8 Å². The lowest BCUT2D eigenvalue weighted by Gasteiger charge is -2.13. The Morgan fingerprint density at radius 2 is 2.04 bits per heavy atom. The lowest BCUT2D eigenvalue weighted by molar-refractivity contribution is -0.137. The third kappa shape index (κ3) is 5.25. The van der Waals surface area contributed by atoms with Gasteiger partial charge in [0.25, 0.3) is 0 Å². The first-order valence-electron chi connectivity index (χ1n) is 7.59. The van der Waals surface area contributed by atoms with E-state index >= 15 is 0 Å². The fourth-order valence-electron chi connectivity index (χ4n) is 2.06. The lowest BCUT2D eigenvalue weighted by Crippen LogP contribution is -2.14. The summed E-state index contributed by atoms with van der Waals surface area (Å²) in [5.74, 6) is -0.395. The lowest BCUT2D eigenvalue weighted by atomic mass is 10.3. The van der Waals surface area contributed by atoms with E-state index in [0.29, 0.717) is 17.6 Å². The van der Waals surface area contributed by atoms with Crippen molar-refractivity contribution in [2.45, 2.75) is 33.2 Å². The second kappa shape index (κ2) is 8.25. The molecule has 0 unspecified atom stereocenters. The second-order valence-electron chi connectivity index (χ2n) is 5.13. The van der Waals surface area contributed by atoms with Crippen molar-refractivity contribution in [2.24, 2.45) is 0 Å². The van der Waals surface area contributed by atoms with E-state index in [1.54, 1.807) is 13.8 Å². The maximum absolute atomic E-state index is 13.0. The van der Waals surface area contributed by atoms with Crippen LogP contribution >= 0.6 is 0 Å². The monoisotopic (exact) mass is 380 g/mol. The standard InChI is InChI=1S/C14H17F5N6O/c1-3-20-11-9(14(17,18)19)6-21-13(23-11)22-10-7-25(24-8(10)2)4-5-26-12(15)16/h6-7,12H,3-5H2,1-2H3,(H2,20,21,22,23). The summed E-state index contributed by atoms with van der Waals surface area (Å²) in [6, 6.07) is 0. The molecule has 0 bridgehead atoms. The van der Waals surface area contributed by atoms with Gasteiger partial charge in [-0.3, -0.25) is 4.68 Å². The maximum Gasteiger partial charge on any atom is 0.421 e. The highest BCUT2D eigenvalue weighted by molar-refractivity contribution is 5.57. The Kier molecular flexibility index (Phi) is 6.29. The quantitative estimate of drug-likeness (QED) is 0.684. The second-order valence-corrected chi connectivity index (χ2v) is 5.13. The molecule has 0 amide bonds. The van der Waals surface area contributed by atoms with Gasteiger partial charge in [-0.15, -0.1) is 0 Å². The van der Waals surface area contributed by atoms with Crippen molar-refractivity contribution in [3.05, 3.63) is 23.7 Å². The summed E-state index contributed by atoms with van der Waals surface area (Å²) in [5, 5.41) is 9.41. The summed E-state index contributed by atoms with van der Waals surface area (Å²) in [7, 11) is 0. The molecule has 0 saturated carbocycles. The van der Waals surface area contributed by atoms with Crippen molar-refractivity contribution in [3.63, 3.8) is 0 Å². The molecule has 7 nitrogen and oxygen atoms in total. The zero-order chi connectivity index (χ0) is 19.3. The molecule has 0 fully saturated rings. The van der Waals surface area contributed by atoms with Crippen LogP contribution < -0.4 is 10.6 Å². The number of halogens is 5. The molecule has 0 spiro atoms. The van der Waals surface area contributed by atoms with Gasteiger partial charge < -0.3 is 15.4 Å². The first-order chi connectivity index (χ1) is 12.2. The molecule has 2 N–H and O–H groups in total. The minimum absolute atomic E-state index is 0.0552. The molecule has 0 atom stereocenters. The molecule has 144 valence electrons. The number of hydrogen-bond donors (Lipinski definition) is 2. The molecule has 0 aliphatic rings. The van der Waals surface area contributed by atoms with E-state index in [0.717, 1.165) is 0 Å². The molecule has 2 aromatic rings. The van der Waals surface area contributed by atoms with Gasteiger partial charge in [-0.25, -0.2) is 4.98 Å². The molecule has 26 heavy (non-hydrogen) atoms. The number of alkyl halides is 5. The van der Waals surface area contributed by atoms with E-state index in [9.17, 15) is 22.0 Å². The first-order valence-corrected chi connectivity index (χ1v) is 7.59. The van der Waals surface area contributed by atoms with Crippen LogP contribution in [0.2, 0.25) is 0 Å². The number of aryl methyl sites for hydroxylation is 1. The Labute approximate surface area is 145 Å². The average molecular weight is 380 g/mol. The van der Waals surface area contributed by atoms with E-state index in [4.69, 9.17) is 0 Å². The van der Waals surface area contributed by atoms with Crippen molar-refractivity contribution >= 4 is 17.5 Å². The van der Waals surface area contributed by atoms with Crippen LogP contribution in [0.25, 0.3) is 0 Å². The number of nitrogens with one attached hydrogen (secondary N) is 2. The SMILES string of the molecule is CCNc1nc(Nc2cn(CCOC(F)F)nc2C)ncc1C(F)(F)F. The molecule has 0 aliphatic heterocycles. The summed E-state index contributed by atoms with van der Waals surface area (Å²) in [5.41, 5.74) is -0.0405. The first kappa shape index (κ1) is 19.8. The molecular formula is C14H17F5N6O. The fraction of sp³-hybridized carbons (Fsp3) is 0.500. The van der Waals surface area contributed by atoms with Crippen LogP contribution in [-0.4, -0.2) is 39.5 Å². The third-order valence-electron chi connectivity index (χ3n) is 3.20. The van der Waals surface area contributed by atoms with Crippen LogP contribution in [0.1, 0.15) is 18.2 Å². The van der Waals surface area contributed by atoms with Gasteiger partial charge in [0, 0.05) is 18.9 Å². The van der Waals surface area contributed by atoms with E-state index in [1.165, 1.54) is 10.9 Å². The summed E-state index contributed by atoms with van der Waals surface area (Å²) in [4.78, 5) is 7.52. The number of nitrogens with zero attached hydrogens (tertiary/aromatic N) is 4. The third-order valence-corrected chi connectivity index (χ3v) is 3.20. The van der Waals surface area contributed by atoms with Crippen molar-refractivity contribution < 1.29 is 26.7 Å². The highest BCUT2D eigenvalue weighted by atomic mass is 19.4. The van der Waals surface area contributed by atoms with Crippen LogP contribution in [0.15, 0.2) is 12.4 Å². The van der Waals surface area contributed by atoms with Gasteiger partial charge >= 0.3 is 12.8 Å². The van der Waals surface area contributed by atoms with Crippen molar-refractivity contribution in [3.8, 4) is 0 Å². The number of hydrogen-bond acceptors (Lipinski definition) is 6. The van der Waals surface area contributed by atoms with Crippen LogP contribution in [0.5, 0.6) is 0 Å². The molecule has 0 radical (unpaired) electrons. The maximum atomic E-state index is 13.0. The van der Waals surface area contributed by atoms with Gasteiger partial charge in [-0.1, -0.05) is 0 Å². The van der Waals surface area contributed by atoms with Crippen molar-refractivity contribution in [1.82, 2.24) is 19.7 Å². The summed E-state index contributed by atoms with van der Waals surface area (Å²) in [6.45, 7) is 0.519. The zero-order valence-corrected chi connectivity index (χ0v) is 13.9. The Bertz CT molecular complexity index is 733. The number of aromatic nitrogens is 4. The Morgan fingerprint density at radius 1 is 1.31 bits per heavy atom. The normalized spacial score (nSPS) is 11.8. The van der Waals surface area contributed by atoms with Crippen LogP contribution in [0.4, 0.5) is 39.4 Å². The Hall–Kier alpha value is -2.50. The summed E-state index contributed by atoms with van der Waals surface area (Å²) in [6.07, 6.45) is -2.40. The molecule has 2 rings (SSSR count). The summed E-state index contributed by atoms with van der Waals surface area (Å²) >= 11 is 0. The van der Waals surface area contributed by atoms with Crippen molar-refractivity contribution in [1.29, 1.82) is 0 Å². The average Bonchev–Trinajstić information content (AvgIpc) is 2.86. The highest BCUT2D eigenvalue weighted by Gasteiger charge is 2.35. The molecular weight excluding hydrogens is 363 g/mol. The number of anilines is 3. The highest BCUT2D eigenvalue weighted by Crippen LogP contribution is 2.34. The number of rotatable bonds is 8. The van der Waals surface area contributed by atoms with Crippen LogP contribution in [0, 0.1) is 6.92 Å². The van der Waals surface area contributed by atoms with Gasteiger partial charge in [0.1, 0.15) is 11.4 Å². The predicted octanol–water partition coefficient (Wildman–Crippen LogP) is 3.41. The van der Waals surface area contributed by atoms with E-state index in [2.05, 4.69) is 30.4 Å². The smallest absolute Gasteiger partial charge is 0.370 e. The molecule has 2 heterocycles. The summed E-state index contributed by atoms with van der Waals surface area (Å²) < 4.78 is 68.3.